The van der Waals surface area contributed by atoms with Gasteiger partial charge in [-0.15, -0.1) is 0 Å². The quantitative estimate of drug-likeness (QED) is 0.517. The van der Waals surface area contributed by atoms with Gasteiger partial charge in [0, 0.05) is 12.1 Å². The lowest BCUT2D eigenvalue weighted by Gasteiger charge is -2.11. The minimum atomic E-state index is -1.48. The highest BCUT2D eigenvalue weighted by Crippen LogP contribution is 2.32. The second kappa shape index (κ2) is 6.00. The molecule has 1 N–H and O–H groups in total. The van der Waals surface area contributed by atoms with Crippen LogP contribution in [0.4, 0.5) is 10.1 Å². The van der Waals surface area contributed by atoms with Crippen molar-refractivity contribution in [2.45, 2.75) is 0 Å². The molecule has 0 aliphatic rings. The molecule has 0 fully saturated rings. The second-order valence-electron chi connectivity index (χ2n) is 4.12. The molecule has 2 aromatic carbocycles. The van der Waals surface area contributed by atoms with Gasteiger partial charge in [-0.3, -0.25) is 14.9 Å². The Morgan fingerprint density at radius 3 is 2.64 bits per heavy atom. The van der Waals surface area contributed by atoms with Gasteiger partial charge in [-0.1, -0.05) is 6.07 Å². The highest BCUT2D eigenvalue weighted by Gasteiger charge is 2.20. The molecule has 0 spiro atoms. The molecule has 8 heteroatoms. The number of carboxylic acid groups (broad SMARTS) is 1. The number of para-hydroxylation sites is 1. The van der Waals surface area contributed by atoms with Crippen molar-refractivity contribution in [1.29, 1.82) is 0 Å². The summed E-state index contributed by atoms with van der Waals surface area (Å²) >= 11 is 0. The Hall–Kier alpha value is -3.29. The Kier molecular flexibility index (Phi) is 4.12. The van der Waals surface area contributed by atoms with E-state index in [-0.39, 0.29) is 11.3 Å². The number of benzene rings is 2. The van der Waals surface area contributed by atoms with Gasteiger partial charge in [0.25, 0.3) is 5.69 Å². The van der Waals surface area contributed by atoms with Crippen LogP contribution in [0.15, 0.2) is 36.4 Å². The predicted octanol–water partition coefficient (Wildman–Crippen LogP) is 3.04. The lowest BCUT2D eigenvalue weighted by atomic mass is 10.1. The maximum Gasteiger partial charge on any atom is 0.339 e. The second-order valence-corrected chi connectivity index (χ2v) is 4.12. The van der Waals surface area contributed by atoms with Crippen molar-refractivity contribution < 1.29 is 28.7 Å². The Labute approximate surface area is 122 Å². The number of nitro groups is 1. The topological polar surface area (TPSA) is 107 Å². The summed E-state index contributed by atoms with van der Waals surface area (Å²) in [6.45, 7) is 0. The van der Waals surface area contributed by atoms with Crippen molar-refractivity contribution in [3.63, 3.8) is 0 Å². The third kappa shape index (κ3) is 2.90. The molecule has 0 bridgehead atoms. The lowest BCUT2D eigenvalue weighted by molar-refractivity contribution is -0.384. The molecule has 0 saturated heterocycles. The smallest absolute Gasteiger partial charge is 0.339 e. The van der Waals surface area contributed by atoms with Crippen LogP contribution in [0.2, 0.25) is 0 Å². The van der Waals surface area contributed by atoms with E-state index in [1.54, 1.807) is 0 Å². The van der Waals surface area contributed by atoms with Gasteiger partial charge in [0.15, 0.2) is 17.9 Å². The predicted molar refractivity (Wildman–Crippen MR) is 71.9 cm³/mol. The van der Waals surface area contributed by atoms with Crippen molar-refractivity contribution in [1.82, 2.24) is 0 Å². The van der Waals surface area contributed by atoms with E-state index >= 15 is 0 Å². The lowest BCUT2D eigenvalue weighted by Crippen LogP contribution is -2.03. The van der Waals surface area contributed by atoms with Crippen LogP contribution in [0.25, 0.3) is 0 Å². The van der Waals surface area contributed by atoms with E-state index in [4.69, 9.17) is 9.84 Å². The third-order valence-electron chi connectivity index (χ3n) is 2.74. The monoisotopic (exact) mass is 305 g/mol. The van der Waals surface area contributed by atoms with Crippen LogP contribution >= 0.6 is 0 Å². The van der Waals surface area contributed by atoms with Crippen molar-refractivity contribution in [2.24, 2.45) is 0 Å². The molecule has 0 aliphatic heterocycles. The van der Waals surface area contributed by atoms with Crippen LogP contribution in [-0.2, 0) is 0 Å². The minimum absolute atomic E-state index is 0.116. The van der Waals surface area contributed by atoms with E-state index in [2.05, 4.69) is 0 Å². The van der Waals surface area contributed by atoms with Gasteiger partial charge in [0.1, 0.15) is 11.3 Å². The summed E-state index contributed by atoms with van der Waals surface area (Å²) in [6, 6.07) is 6.45. The number of rotatable bonds is 5. The fourth-order valence-corrected chi connectivity index (χ4v) is 1.72. The molecule has 7 nitrogen and oxygen atoms in total. The standard InChI is InChI=1S/C14H8FNO6/c15-11-3-1-2-8(7-17)13(11)22-12-5-4-9(16(20)21)6-10(12)14(18)19/h1-7H,(H,18,19). The van der Waals surface area contributed by atoms with Gasteiger partial charge in [-0.05, 0) is 18.2 Å². The number of aromatic carboxylic acids is 1. The number of carbonyl (C=O) groups is 2. The third-order valence-corrected chi connectivity index (χ3v) is 2.74. The number of nitrogens with zero attached hydrogens (tertiary/aromatic N) is 1. The van der Waals surface area contributed by atoms with Crippen LogP contribution in [0.1, 0.15) is 20.7 Å². The Morgan fingerprint density at radius 2 is 2.05 bits per heavy atom. The summed E-state index contributed by atoms with van der Waals surface area (Å²) in [7, 11) is 0. The summed E-state index contributed by atoms with van der Waals surface area (Å²) < 4.78 is 18.9. The number of hydrogen-bond acceptors (Lipinski definition) is 5. The molecular formula is C14H8FNO6. The average Bonchev–Trinajstić information content (AvgIpc) is 2.49. The van der Waals surface area contributed by atoms with Crippen LogP contribution in [0, 0.1) is 15.9 Å². The zero-order valence-corrected chi connectivity index (χ0v) is 10.9. The number of carbonyl (C=O) groups excluding carboxylic acids is 1. The van der Waals surface area contributed by atoms with Gasteiger partial charge in [0.2, 0.25) is 0 Å². The summed E-state index contributed by atoms with van der Waals surface area (Å²) in [5.74, 6) is -3.11. The van der Waals surface area contributed by atoms with Gasteiger partial charge in [0.05, 0.1) is 10.5 Å². The van der Waals surface area contributed by atoms with E-state index < -0.39 is 33.7 Å². The molecule has 2 aromatic rings. The van der Waals surface area contributed by atoms with Crippen LogP contribution < -0.4 is 4.74 Å². The number of hydrogen-bond donors (Lipinski definition) is 1. The molecular weight excluding hydrogens is 297 g/mol. The molecule has 2 rings (SSSR count). The van der Waals surface area contributed by atoms with Gasteiger partial charge in [-0.25, -0.2) is 9.18 Å². The summed E-state index contributed by atoms with van der Waals surface area (Å²) in [5, 5.41) is 19.7. The highest BCUT2D eigenvalue weighted by atomic mass is 19.1. The molecule has 22 heavy (non-hydrogen) atoms. The normalized spacial score (nSPS) is 10.0. The van der Waals surface area contributed by atoms with Crippen molar-refractivity contribution >= 4 is 17.9 Å². The first-order valence-electron chi connectivity index (χ1n) is 5.87. The molecule has 0 radical (unpaired) electrons. The fraction of sp³-hybridized carbons (Fsp3) is 0. The summed E-state index contributed by atoms with van der Waals surface area (Å²) in [6.07, 6.45) is 0.351. The summed E-state index contributed by atoms with van der Waals surface area (Å²) in [5.41, 5.74) is -1.09. The zero-order chi connectivity index (χ0) is 16.3. The van der Waals surface area contributed by atoms with Crippen molar-refractivity contribution in [2.75, 3.05) is 0 Å². The molecule has 0 unspecified atom stereocenters. The van der Waals surface area contributed by atoms with E-state index in [9.17, 15) is 24.1 Å². The van der Waals surface area contributed by atoms with E-state index in [1.165, 1.54) is 12.1 Å². The van der Waals surface area contributed by atoms with Crippen LogP contribution in [0.5, 0.6) is 11.5 Å². The Balaban J connectivity index is 2.52. The van der Waals surface area contributed by atoms with Gasteiger partial charge < -0.3 is 9.84 Å². The molecule has 0 atom stereocenters. The van der Waals surface area contributed by atoms with E-state index in [0.29, 0.717) is 6.29 Å². The maximum atomic E-state index is 13.7. The maximum absolute atomic E-state index is 13.7. The van der Waals surface area contributed by atoms with Crippen LogP contribution in [-0.4, -0.2) is 22.3 Å². The number of ether oxygens (including phenoxy) is 1. The van der Waals surface area contributed by atoms with Gasteiger partial charge in [-0.2, -0.15) is 0 Å². The number of aldehydes is 1. The number of carboxylic acids is 1. The van der Waals surface area contributed by atoms with E-state index in [1.807, 2.05) is 0 Å². The minimum Gasteiger partial charge on any atom is -0.478 e. The van der Waals surface area contributed by atoms with Crippen molar-refractivity contribution in [3.8, 4) is 11.5 Å². The molecule has 0 saturated carbocycles. The van der Waals surface area contributed by atoms with Gasteiger partial charge >= 0.3 is 5.97 Å². The molecule has 0 aliphatic carbocycles. The first-order valence-corrected chi connectivity index (χ1v) is 5.87. The van der Waals surface area contributed by atoms with E-state index in [0.717, 1.165) is 24.3 Å². The molecule has 0 aromatic heterocycles. The molecule has 0 heterocycles. The van der Waals surface area contributed by atoms with Crippen LogP contribution in [0.3, 0.4) is 0 Å². The highest BCUT2D eigenvalue weighted by molar-refractivity contribution is 5.92. The summed E-state index contributed by atoms with van der Waals surface area (Å²) in [4.78, 5) is 31.9. The zero-order valence-electron chi connectivity index (χ0n) is 10.9. The SMILES string of the molecule is O=Cc1cccc(F)c1Oc1ccc([N+](=O)[O-])cc1C(=O)O. The number of halogens is 1. The number of nitro benzene ring substituents is 1. The first-order chi connectivity index (χ1) is 10.4. The molecule has 0 amide bonds. The largest absolute Gasteiger partial charge is 0.478 e. The Morgan fingerprint density at radius 1 is 1.32 bits per heavy atom. The molecule has 112 valence electrons. The average molecular weight is 305 g/mol. The Bertz CT molecular complexity index is 774. The number of non-ortho nitro benzene ring substituents is 1. The first kappa shape index (κ1) is 15.1. The fourth-order valence-electron chi connectivity index (χ4n) is 1.72. The van der Waals surface area contributed by atoms with Crippen molar-refractivity contribution in [3.05, 3.63) is 63.5 Å².